The van der Waals surface area contributed by atoms with Gasteiger partial charge in [0.2, 0.25) is 11.8 Å². The summed E-state index contributed by atoms with van der Waals surface area (Å²) in [6.07, 6.45) is 5.28. The standard InChI is InChI=1S/C18H28N4O3.ClH/c1-12-11-15(21-25-12)20-16(23)13-6-9-22(10-7-13)17(24)14-5-3-4-8-18(14,2)19;/h11,13-14H,3-10,19H2,1-2H3,(H,20,21,23);1H. The molecule has 0 aromatic carbocycles. The molecule has 8 heteroatoms. The summed E-state index contributed by atoms with van der Waals surface area (Å²) in [6, 6.07) is 1.70. The van der Waals surface area contributed by atoms with Crippen molar-refractivity contribution >= 4 is 30.0 Å². The number of halogens is 1. The van der Waals surface area contributed by atoms with E-state index in [1.807, 2.05) is 11.8 Å². The zero-order valence-electron chi connectivity index (χ0n) is 15.5. The molecule has 146 valence electrons. The normalized spacial score (nSPS) is 26.9. The highest BCUT2D eigenvalue weighted by molar-refractivity contribution is 5.92. The number of aryl methyl sites for hydroxylation is 1. The fraction of sp³-hybridized carbons (Fsp3) is 0.722. The van der Waals surface area contributed by atoms with Crippen LogP contribution < -0.4 is 11.1 Å². The highest BCUT2D eigenvalue weighted by Gasteiger charge is 2.40. The van der Waals surface area contributed by atoms with E-state index in [1.165, 1.54) is 0 Å². The molecule has 0 spiro atoms. The van der Waals surface area contributed by atoms with Gasteiger partial charge in [0.1, 0.15) is 5.76 Å². The van der Waals surface area contributed by atoms with Crippen LogP contribution in [0.15, 0.2) is 10.6 Å². The highest BCUT2D eigenvalue weighted by Crippen LogP contribution is 2.34. The number of hydrogen-bond acceptors (Lipinski definition) is 5. The third-order valence-corrected chi connectivity index (χ3v) is 5.61. The molecule has 2 atom stereocenters. The van der Waals surface area contributed by atoms with Crippen LogP contribution in [0, 0.1) is 18.8 Å². The van der Waals surface area contributed by atoms with Crippen molar-refractivity contribution in [1.29, 1.82) is 0 Å². The number of piperidine rings is 1. The van der Waals surface area contributed by atoms with E-state index in [2.05, 4.69) is 10.5 Å². The van der Waals surface area contributed by atoms with Crippen LogP contribution in [-0.2, 0) is 9.59 Å². The Morgan fingerprint density at radius 2 is 2.00 bits per heavy atom. The van der Waals surface area contributed by atoms with Crippen molar-refractivity contribution in [3.8, 4) is 0 Å². The average molecular weight is 385 g/mol. The minimum atomic E-state index is -0.408. The van der Waals surface area contributed by atoms with Gasteiger partial charge < -0.3 is 20.5 Å². The smallest absolute Gasteiger partial charge is 0.228 e. The number of carbonyl (C=O) groups excluding carboxylic acids is 2. The van der Waals surface area contributed by atoms with Gasteiger partial charge in [-0.2, -0.15) is 0 Å². The molecular formula is C18H29ClN4O3. The molecule has 0 bridgehead atoms. The van der Waals surface area contributed by atoms with Gasteiger partial charge in [-0.3, -0.25) is 9.59 Å². The molecular weight excluding hydrogens is 356 g/mol. The molecule has 0 radical (unpaired) electrons. The van der Waals surface area contributed by atoms with Crippen LogP contribution >= 0.6 is 12.4 Å². The highest BCUT2D eigenvalue weighted by atomic mass is 35.5. The van der Waals surface area contributed by atoms with E-state index in [9.17, 15) is 9.59 Å². The van der Waals surface area contributed by atoms with Gasteiger partial charge in [-0.05, 0) is 39.5 Å². The number of nitrogens with one attached hydrogen (secondary N) is 1. The minimum absolute atomic E-state index is 0. The van der Waals surface area contributed by atoms with Crippen LogP contribution in [0.2, 0.25) is 0 Å². The topological polar surface area (TPSA) is 101 Å². The van der Waals surface area contributed by atoms with Crippen molar-refractivity contribution < 1.29 is 14.1 Å². The number of amides is 2. The molecule has 3 N–H and O–H groups in total. The van der Waals surface area contributed by atoms with E-state index in [0.717, 1.165) is 25.7 Å². The van der Waals surface area contributed by atoms with Crippen LogP contribution in [0.1, 0.15) is 51.2 Å². The monoisotopic (exact) mass is 384 g/mol. The Morgan fingerprint density at radius 3 is 2.58 bits per heavy atom. The van der Waals surface area contributed by atoms with Crippen molar-refractivity contribution in [3.63, 3.8) is 0 Å². The van der Waals surface area contributed by atoms with Crippen molar-refractivity contribution in [3.05, 3.63) is 11.8 Å². The van der Waals surface area contributed by atoms with Crippen molar-refractivity contribution in [1.82, 2.24) is 10.1 Å². The molecule has 2 unspecified atom stereocenters. The summed E-state index contributed by atoms with van der Waals surface area (Å²) in [5, 5.41) is 6.57. The lowest BCUT2D eigenvalue weighted by Gasteiger charge is -2.41. The molecule has 1 aliphatic heterocycles. The Morgan fingerprint density at radius 1 is 1.31 bits per heavy atom. The molecule has 2 fully saturated rings. The number of nitrogens with zero attached hydrogens (tertiary/aromatic N) is 2. The molecule has 1 aliphatic carbocycles. The Bertz CT molecular complexity index is 638. The number of rotatable bonds is 3. The first-order chi connectivity index (χ1) is 11.9. The fourth-order valence-corrected chi connectivity index (χ4v) is 4.00. The summed E-state index contributed by atoms with van der Waals surface area (Å²) in [4.78, 5) is 27.1. The molecule has 2 heterocycles. The van der Waals surface area contributed by atoms with Gasteiger partial charge in [0.25, 0.3) is 0 Å². The lowest BCUT2D eigenvalue weighted by atomic mass is 9.73. The largest absolute Gasteiger partial charge is 0.360 e. The fourth-order valence-electron chi connectivity index (χ4n) is 4.00. The van der Waals surface area contributed by atoms with Crippen LogP contribution in [-0.4, -0.2) is 40.5 Å². The second-order valence-electron chi connectivity index (χ2n) is 7.72. The first-order valence-corrected chi connectivity index (χ1v) is 9.18. The molecule has 1 saturated carbocycles. The molecule has 7 nitrogen and oxygen atoms in total. The summed E-state index contributed by atoms with van der Waals surface area (Å²) >= 11 is 0. The number of aromatic nitrogens is 1. The number of anilines is 1. The summed E-state index contributed by atoms with van der Waals surface area (Å²) < 4.78 is 4.96. The van der Waals surface area contributed by atoms with Gasteiger partial charge in [0.15, 0.2) is 5.82 Å². The summed E-state index contributed by atoms with van der Waals surface area (Å²) in [7, 11) is 0. The molecule has 1 saturated heterocycles. The third-order valence-electron chi connectivity index (χ3n) is 5.61. The van der Waals surface area contributed by atoms with E-state index < -0.39 is 5.54 Å². The molecule has 2 amide bonds. The summed E-state index contributed by atoms with van der Waals surface area (Å²) in [5.41, 5.74) is 5.96. The van der Waals surface area contributed by atoms with E-state index in [0.29, 0.717) is 37.5 Å². The number of likely N-dealkylation sites (tertiary alicyclic amines) is 1. The quantitative estimate of drug-likeness (QED) is 0.833. The first-order valence-electron chi connectivity index (χ1n) is 9.18. The molecule has 3 rings (SSSR count). The second-order valence-corrected chi connectivity index (χ2v) is 7.72. The number of carbonyl (C=O) groups is 2. The summed E-state index contributed by atoms with van der Waals surface area (Å²) in [5.74, 6) is 1.02. The minimum Gasteiger partial charge on any atom is -0.360 e. The summed E-state index contributed by atoms with van der Waals surface area (Å²) in [6.45, 7) is 5.00. The Balaban J connectivity index is 0.00000243. The first kappa shape index (κ1) is 20.7. The van der Waals surface area contributed by atoms with Crippen molar-refractivity contribution in [2.45, 2.75) is 57.9 Å². The maximum atomic E-state index is 12.9. The molecule has 2 aliphatic rings. The van der Waals surface area contributed by atoms with Gasteiger partial charge in [0, 0.05) is 30.6 Å². The van der Waals surface area contributed by atoms with Crippen molar-refractivity contribution in [2.75, 3.05) is 18.4 Å². The van der Waals surface area contributed by atoms with Gasteiger partial charge in [-0.25, -0.2) is 0 Å². The SMILES string of the molecule is Cc1cc(NC(=O)C2CCN(C(=O)C3CCCCC3(C)N)CC2)no1.Cl. The molecule has 26 heavy (non-hydrogen) atoms. The predicted octanol–water partition coefficient (Wildman–Crippen LogP) is 2.49. The van der Waals surface area contributed by atoms with Gasteiger partial charge in [0.05, 0.1) is 5.92 Å². The lowest BCUT2D eigenvalue weighted by molar-refractivity contribution is -0.141. The Labute approximate surface area is 160 Å². The van der Waals surface area contributed by atoms with E-state index >= 15 is 0 Å². The Kier molecular flexibility index (Phi) is 6.69. The zero-order valence-corrected chi connectivity index (χ0v) is 16.3. The van der Waals surface area contributed by atoms with Crippen LogP contribution in [0.25, 0.3) is 0 Å². The van der Waals surface area contributed by atoms with E-state index in [-0.39, 0.29) is 36.1 Å². The molecule has 1 aromatic rings. The van der Waals surface area contributed by atoms with Crippen LogP contribution in [0.3, 0.4) is 0 Å². The zero-order chi connectivity index (χ0) is 18.0. The van der Waals surface area contributed by atoms with Crippen LogP contribution in [0.5, 0.6) is 0 Å². The number of hydrogen-bond donors (Lipinski definition) is 2. The third kappa shape index (κ3) is 4.57. The number of nitrogens with two attached hydrogens (primary N) is 1. The lowest BCUT2D eigenvalue weighted by Crippen LogP contribution is -2.55. The van der Waals surface area contributed by atoms with Crippen molar-refractivity contribution in [2.24, 2.45) is 17.6 Å². The second kappa shape index (κ2) is 8.39. The molecule has 1 aromatic heterocycles. The average Bonchev–Trinajstić information content (AvgIpc) is 2.99. The maximum Gasteiger partial charge on any atom is 0.228 e. The van der Waals surface area contributed by atoms with Gasteiger partial charge in [-0.1, -0.05) is 18.0 Å². The Hall–Kier alpha value is -1.60. The van der Waals surface area contributed by atoms with E-state index in [4.69, 9.17) is 10.3 Å². The maximum absolute atomic E-state index is 12.9. The predicted molar refractivity (Wildman–Crippen MR) is 101 cm³/mol. The van der Waals surface area contributed by atoms with Crippen LogP contribution in [0.4, 0.5) is 5.82 Å². The van der Waals surface area contributed by atoms with Gasteiger partial charge in [-0.15, -0.1) is 12.4 Å². The van der Waals surface area contributed by atoms with E-state index in [1.54, 1.807) is 13.0 Å². The van der Waals surface area contributed by atoms with Gasteiger partial charge >= 0.3 is 0 Å².